The number of nitrogens with one attached hydrogen (secondary N) is 1. The van der Waals surface area contributed by atoms with Crippen LogP contribution in [0.4, 0.5) is 0 Å². The van der Waals surface area contributed by atoms with E-state index in [-0.39, 0.29) is 0 Å². The minimum atomic E-state index is 0.718. The van der Waals surface area contributed by atoms with Gasteiger partial charge in [0.2, 0.25) is 0 Å². The van der Waals surface area contributed by atoms with E-state index in [0.29, 0.717) is 0 Å². The molecule has 1 aromatic heterocycles. The fourth-order valence-electron chi connectivity index (χ4n) is 1.95. The normalized spacial score (nSPS) is 20.1. The molecular weight excluding hydrogens is 202 g/mol. The molecular formula is C13H21NS. The molecule has 1 nitrogen and oxygen atoms in total. The molecule has 0 saturated heterocycles. The first-order chi connectivity index (χ1) is 7.31. The summed E-state index contributed by atoms with van der Waals surface area (Å²) in [6.45, 7) is 5.83. The quantitative estimate of drug-likeness (QED) is 0.776. The van der Waals surface area contributed by atoms with E-state index in [1.165, 1.54) is 25.8 Å². The van der Waals surface area contributed by atoms with Crippen LogP contribution in [-0.2, 0) is 0 Å². The molecule has 0 amide bonds. The summed E-state index contributed by atoms with van der Waals surface area (Å²) in [5.41, 5.74) is 0. The average molecular weight is 223 g/mol. The van der Waals surface area contributed by atoms with Crippen LogP contribution in [0.1, 0.15) is 43.9 Å². The van der Waals surface area contributed by atoms with E-state index in [1.807, 2.05) is 11.3 Å². The number of rotatable bonds is 6. The molecule has 0 radical (unpaired) electrons. The van der Waals surface area contributed by atoms with Crippen LogP contribution in [-0.4, -0.2) is 12.6 Å². The molecule has 2 rings (SSSR count). The predicted molar refractivity (Wildman–Crippen MR) is 67.5 cm³/mol. The largest absolute Gasteiger partial charge is 0.313 e. The van der Waals surface area contributed by atoms with E-state index in [9.17, 15) is 0 Å². The van der Waals surface area contributed by atoms with Crippen molar-refractivity contribution in [3.05, 3.63) is 22.4 Å². The molecule has 1 heterocycles. The van der Waals surface area contributed by atoms with Gasteiger partial charge in [-0.05, 0) is 30.2 Å². The fourth-order valence-corrected chi connectivity index (χ4v) is 2.91. The molecule has 1 aliphatic rings. The van der Waals surface area contributed by atoms with Gasteiger partial charge in [0, 0.05) is 23.4 Å². The molecule has 1 N–H and O–H groups in total. The first-order valence-electron chi connectivity index (χ1n) is 6.08. The zero-order chi connectivity index (χ0) is 10.7. The summed E-state index contributed by atoms with van der Waals surface area (Å²) in [5.74, 6) is 1.51. The van der Waals surface area contributed by atoms with Gasteiger partial charge in [-0.3, -0.25) is 0 Å². The van der Waals surface area contributed by atoms with E-state index >= 15 is 0 Å². The Kier molecular flexibility index (Phi) is 3.81. The summed E-state index contributed by atoms with van der Waals surface area (Å²) >= 11 is 1.91. The molecule has 2 heteroatoms. The van der Waals surface area contributed by atoms with Crippen molar-refractivity contribution >= 4 is 11.3 Å². The van der Waals surface area contributed by atoms with E-state index < -0.39 is 0 Å². The Morgan fingerprint density at radius 1 is 1.53 bits per heavy atom. The highest BCUT2D eigenvalue weighted by atomic mass is 32.1. The lowest BCUT2D eigenvalue weighted by molar-refractivity contribution is 0.424. The molecule has 15 heavy (non-hydrogen) atoms. The van der Waals surface area contributed by atoms with Crippen LogP contribution >= 0.6 is 11.3 Å². The first-order valence-corrected chi connectivity index (χ1v) is 6.96. The smallest absolute Gasteiger partial charge is 0.00915 e. The van der Waals surface area contributed by atoms with Crippen molar-refractivity contribution in [2.75, 3.05) is 6.54 Å². The molecule has 0 aliphatic heterocycles. The summed E-state index contributed by atoms with van der Waals surface area (Å²) in [6, 6.07) is 5.29. The SMILES string of the molecule is CCC(C)C(CNC1CC1)c1cccs1. The van der Waals surface area contributed by atoms with Crippen molar-refractivity contribution in [1.82, 2.24) is 5.32 Å². The number of thiophene rings is 1. The van der Waals surface area contributed by atoms with Gasteiger partial charge < -0.3 is 5.32 Å². The Hall–Kier alpha value is -0.340. The van der Waals surface area contributed by atoms with Crippen LogP contribution in [0.25, 0.3) is 0 Å². The van der Waals surface area contributed by atoms with Crippen LogP contribution in [0.5, 0.6) is 0 Å². The Morgan fingerprint density at radius 3 is 2.87 bits per heavy atom. The maximum absolute atomic E-state index is 3.67. The highest BCUT2D eigenvalue weighted by molar-refractivity contribution is 7.10. The molecule has 84 valence electrons. The third kappa shape index (κ3) is 3.05. The van der Waals surface area contributed by atoms with Gasteiger partial charge in [0.15, 0.2) is 0 Å². The van der Waals surface area contributed by atoms with Gasteiger partial charge in [0.05, 0.1) is 0 Å². The van der Waals surface area contributed by atoms with Crippen LogP contribution in [0.2, 0.25) is 0 Å². The third-order valence-corrected chi connectivity index (χ3v) is 4.45. The predicted octanol–water partition coefficient (Wildman–Crippen LogP) is 3.63. The summed E-state index contributed by atoms with van der Waals surface area (Å²) in [6.07, 6.45) is 4.05. The number of hydrogen-bond donors (Lipinski definition) is 1. The zero-order valence-corrected chi connectivity index (χ0v) is 10.5. The Labute approximate surface area is 96.9 Å². The van der Waals surface area contributed by atoms with E-state index in [2.05, 4.69) is 36.7 Å². The summed E-state index contributed by atoms with van der Waals surface area (Å²) < 4.78 is 0. The van der Waals surface area contributed by atoms with Gasteiger partial charge >= 0.3 is 0 Å². The molecule has 1 saturated carbocycles. The van der Waals surface area contributed by atoms with E-state index in [1.54, 1.807) is 4.88 Å². The van der Waals surface area contributed by atoms with Gasteiger partial charge in [-0.15, -0.1) is 11.3 Å². The maximum atomic E-state index is 3.67. The molecule has 0 spiro atoms. The molecule has 2 atom stereocenters. The van der Waals surface area contributed by atoms with E-state index in [0.717, 1.165) is 17.9 Å². The van der Waals surface area contributed by atoms with E-state index in [4.69, 9.17) is 0 Å². The van der Waals surface area contributed by atoms with Gasteiger partial charge in [0.25, 0.3) is 0 Å². The second-order valence-electron chi connectivity index (χ2n) is 4.69. The lowest BCUT2D eigenvalue weighted by Crippen LogP contribution is -2.26. The molecule has 1 aliphatic carbocycles. The molecule has 0 aromatic carbocycles. The lowest BCUT2D eigenvalue weighted by atomic mass is 9.90. The standard InChI is InChI=1S/C13H21NS/c1-3-10(2)12(9-14-11-6-7-11)13-5-4-8-15-13/h4-5,8,10-12,14H,3,6-7,9H2,1-2H3. The Bertz CT molecular complexity index is 277. The summed E-state index contributed by atoms with van der Waals surface area (Å²) in [5, 5.41) is 5.86. The summed E-state index contributed by atoms with van der Waals surface area (Å²) in [4.78, 5) is 1.55. The highest BCUT2D eigenvalue weighted by Crippen LogP contribution is 2.30. The second kappa shape index (κ2) is 5.13. The Morgan fingerprint density at radius 2 is 2.33 bits per heavy atom. The maximum Gasteiger partial charge on any atom is 0.00915 e. The average Bonchev–Trinajstić information content (AvgIpc) is 2.92. The lowest BCUT2D eigenvalue weighted by Gasteiger charge is -2.22. The van der Waals surface area contributed by atoms with Crippen molar-refractivity contribution < 1.29 is 0 Å². The Balaban J connectivity index is 1.95. The van der Waals surface area contributed by atoms with Crippen LogP contribution in [0.15, 0.2) is 17.5 Å². The van der Waals surface area contributed by atoms with Crippen LogP contribution in [0, 0.1) is 5.92 Å². The molecule has 0 bridgehead atoms. The minimum Gasteiger partial charge on any atom is -0.313 e. The van der Waals surface area contributed by atoms with Gasteiger partial charge in [-0.1, -0.05) is 26.3 Å². The molecule has 2 unspecified atom stereocenters. The van der Waals surface area contributed by atoms with Crippen molar-refractivity contribution in [2.45, 2.75) is 45.1 Å². The van der Waals surface area contributed by atoms with Crippen LogP contribution in [0.3, 0.4) is 0 Å². The van der Waals surface area contributed by atoms with Crippen LogP contribution < -0.4 is 5.32 Å². The minimum absolute atomic E-state index is 0.718. The van der Waals surface area contributed by atoms with Crippen molar-refractivity contribution in [3.8, 4) is 0 Å². The zero-order valence-electron chi connectivity index (χ0n) is 9.70. The topological polar surface area (TPSA) is 12.0 Å². The fraction of sp³-hybridized carbons (Fsp3) is 0.692. The van der Waals surface area contributed by atoms with Crippen molar-refractivity contribution in [2.24, 2.45) is 5.92 Å². The monoisotopic (exact) mass is 223 g/mol. The van der Waals surface area contributed by atoms with Crippen molar-refractivity contribution in [3.63, 3.8) is 0 Å². The molecule has 1 aromatic rings. The second-order valence-corrected chi connectivity index (χ2v) is 5.67. The first kappa shape index (κ1) is 11.2. The van der Waals surface area contributed by atoms with Gasteiger partial charge in [-0.25, -0.2) is 0 Å². The van der Waals surface area contributed by atoms with Gasteiger partial charge in [0.1, 0.15) is 0 Å². The third-order valence-electron chi connectivity index (χ3n) is 3.44. The van der Waals surface area contributed by atoms with Gasteiger partial charge in [-0.2, -0.15) is 0 Å². The molecule has 1 fully saturated rings. The number of hydrogen-bond acceptors (Lipinski definition) is 2. The highest BCUT2D eigenvalue weighted by Gasteiger charge is 2.24. The van der Waals surface area contributed by atoms with Crippen molar-refractivity contribution in [1.29, 1.82) is 0 Å². The summed E-state index contributed by atoms with van der Waals surface area (Å²) in [7, 11) is 0.